The molecule has 2 aromatic rings. The molecule has 0 radical (unpaired) electrons. The standard InChI is InChI=1S/C17H21N3O2S/c1-19-8-2-5-13(19)14-6-3-9-20(14)17(21)12-11-23-16(18-12)15-7-4-10-22-15/h4,7,10-11,13-14H,2-3,5-6,8-9H2,1H3/t13-,14+/m1/s1. The molecule has 0 aromatic carbocycles. The highest BCUT2D eigenvalue weighted by Crippen LogP contribution is 2.31. The quantitative estimate of drug-likeness (QED) is 0.867. The number of likely N-dealkylation sites (tertiary alicyclic amines) is 2. The van der Waals surface area contributed by atoms with Crippen molar-refractivity contribution in [2.75, 3.05) is 20.1 Å². The van der Waals surface area contributed by atoms with Crippen LogP contribution in [0, 0.1) is 0 Å². The van der Waals surface area contributed by atoms with Crippen LogP contribution in [0.3, 0.4) is 0 Å². The van der Waals surface area contributed by atoms with E-state index in [-0.39, 0.29) is 5.91 Å². The minimum absolute atomic E-state index is 0.0712. The van der Waals surface area contributed by atoms with E-state index in [1.54, 1.807) is 6.26 Å². The SMILES string of the molecule is CN1CCC[C@@H]1[C@@H]1CCCN1C(=O)c1csc(-c2ccco2)n1. The number of thiazole rings is 1. The Bertz CT molecular complexity index is 682. The van der Waals surface area contributed by atoms with E-state index in [4.69, 9.17) is 4.42 Å². The fourth-order valence-corrected chi connectivity index (χ4v) is 4.66. The zero-order valence-electron chi connectivity index (χ0n) is 13.3. The molecule has 4 heterocycles. The Morgan fingerprint density at radius 1 is 1.30 bits per heavy atom. The Morgan fingerprint density at radius 2 is 2.13 bits per heavy atom. The topological polar surface area (TPSA) is 49.6 Å². The van der Waals surface area contributed by atoms with Crippen molar-refractivity contribution in [1.29, 1.82) is 0 Å². The lowest BCUT2D eigenvalue weighted by Gasteiger charge is -2.32. The average molecular weight is 331 g/mol. The van der Waals surface area contributed by atoms with E-state index >= 15 is 0 Å². The molecule has 0 aliphatic carbocycles. The summed E-state index contributed by atoms with van der Waals surface area (Å²) in [6.45, 7) is 1.99. The largest absolute Gasteiger partial charge is 0.462 e. The molecule has 122 valence electrons. The number of furan rings is 1. The lowest BCUT2D eigenvalue weighted by atomic mass is 10.0. The van der Waals surface area contributed by atoms with Crippen molar-refractivity contribution in [3.05, 3.63) is 29.5 Å². The molecule has 0 saturated carbocycles. The average Bonchev–Trinajstić information content (AvgIpc) is 3.31. The van der Waals surface area contributed by atoms with Gasteiger partial charge in [0.15, 0.2) is 10.8 Å². The highest BCUT2D eigenvalue weighted by molar-refractivity contribution is 7.13. The highest BCUT2D eigenvalue weighted by atomic mass is 32.1. The third-order valence-electron chi connectivity index (χ3n) is 5.04. The number of nitrogens with zero attached hydrogens (tertiary/aromatic N) is 3. The Hall–Kier alpha value is -1.66. The minimum atomic E-state index is 0.0712. The van der Waals surface area contributed by atoms with Crippen LogP contribution in [0.15, 0.2) is 28.2 Å². The van der Waals surface area contributed by atoms with Crippen LogP contribution in [-0.2, 0) is 0 Å². The lowest BCUT2D eigenvalue weighted by Crippen LogP contribution is -2.47. The zero-order valence-corrected chi connectivity index (χ0v) is 14.1. The molecule has 2 aliphatic heterocycles. The summed E-state index contributed by atoms with van der Waals surface area (Å²) in [5.41, 5.74) is 0.550. The number of aromatic nitrogens is 1. The van der Waals surface area contributed by atoms with Crippen LogP contribution in [0.25, 0.3) is 10.8 Å². The van der Waals surface area contributed by atoms with Crippen molar-refractivity contribution in [2.24, 2.45) is 0 Å². The van der Waals surface area contributed by atoms with Gasteiger partial charge in [0, 0.05) is 24.0 Å². The van der Waals surface area contributed by atoms with E-state index in [0.717, 1.165) is 36.7 Å². The summed E-state index contributed by atoms with van der Waals surface area (Å²) in [6, 6.07) is 4.55. The minimum Gasteiger partial charge on any atom is -0.462 e. The molecule has 0 N–H and O–H groups in total. The number of hydrogen-bond acceptors (Lipinski definition) is 5. The fraction of sp³-hybridized carbons (Fsp3) is 0.529. The van der Waals surface area contributed by atoms with Gasteiger partial charge >= 0.3 is 0 Å². The molecule has 1 amide bonds. The maximum atomic E-state index is 12.9. The summed E-state index contributed by atoms with van der Waals surface area (Å²) < 4.78 is 5.37. The van der Waals surface area contributed by atoms with Crippen LogP contribution in [0.1, 0.15) is 36.2 Å². The molecule has 2 saturated heterocycles. The van der Waals surface area contributed by atoms with E-state index < -0.39 is 0 Å². The Morgan fingerprint density at radius 3 is 2.87 bits per heavy atom. The smallest absolute Gasteiger partial charge is 0.273 e. The van der Waals surface area contributed by atoms with E-state index in [9.17, 15) is 4.79 Å². The summed E-state index contributed by atoms with van der Waals surface area (Å²) in [6.07, 6.45) is 6.26. The van der Waals surface area contributed by atoms with Crippen LogP contribution in [0.5, 0.6) is 0 Å². The van der Waals surface area contributed by atoms with Crippen LogP contribution in [-0.4, -0.2) is 52.9 Å². The summed E-state index contributed by atoms with van der Waals surface area (Å²) in [5, 5.41) is 2.63. The predicted molar refractivity (Wildman–Crippen MR) is 89.5 cm³/mol. The first-order valence-corrected chi connectivity index (χ1v) is 9.12. The van der Waals surface area contributed by atoms with Gasteiger partial charge in [0.1, 0.15) is 5.69 Å². The number of rotatable bonds is 3. The summed E-state index contributed by atoms with van der Waals surface area (Å²) >= 11 is 1.47. The number of hydrogen-bond donors (Lipinski definition) is 0. The summed E-state index contributed by atoms with van der Waals surface area (Å²) in [4.78, 5) is 21.9. The number of amides is 1. The molecule has 2 atom stereocenters. The molecule has 0 bridgehead atoms. The van der Waals surface area contributed by atoms with Crippen LogP contribution in [0.2, 0.25) is 0 Å². The van der Waals surface area contributed by atoms with Crippen LogP contribution in [0.4, 0.5) is 0 Å². The Balaban J connectivity index is 1.54. The van der Waals surface area contributed by atoms with Gasteiger partial charge in [-0.15, -0.1) is 11.3 Å². The van der Waals surface area contributed by atoms with Crippen molar-refractivity contribution in [3.63, 3.8) is 0 Å². The maximum absolute atomic E-state index is 12.9. The third kappa shape index (κ3) is 2.70. The van der Waals surface area contributed by atoms with E-state index in [0.29, 0.717) is 17.8 Å². The Kier molecular flexibility index (Phi) is 3.95. The normalized spacial score (nSPS) is 25.3. The van der Waals surface area contributed by atoms with Crippen molar-refractivity contribution in [2.45, 2.75) is 37.8 Å². The molecule has 5 nitrogen and oxygen atoms in total. The second-order valence-electron chi connectivity index (χ2n) is 6.41. The Labute approximate surface area is 139 Å². The first kappa shape index (κ1) is 14.9. The van der Waals surface area contributed by atoms with Gasteiger partial charge in [-0.1, -0.05) is 0 Å². The van der Waals surface area contributed by atoms with E-state index in [1.807, 2.05) is 22.4 Å². The van der Waals surface area contributed by atoms with Crippen molar-refractivity contribution in [1.82, 2.24) is 14.8 Å². The third-order valence-corrected chi connectivity index (χ3v) is 5.89. The number of likely N-dealkylation sites (N-methyl/N-ethyl adjacent to an activating group) is 1. The molecule has 6 heteroatoms. The molecule has 4 rings (SSSR count). The van der Waals surface area contributed by atoms with Gasteiger partial charge in [-0.3, -0.25) is 4.79 Å². The summed E-state index contributed by atoms with van der Waals surface area (Å²) in [7, 11) is 2.18. The molecule has 2 aromatic heterocycles. The lowest BCUT2D eigenvalue weighted by molar-refractivity contribution is 0.0659. The molecule has 2 fully saturated rings. The zero-order chi connectivity index (χ0) is 15.8. The van der Waals surface area contributed by atoms with Crippen LogP contribution < -0.4 is 0 Å². The number of carbonyl (C=O) groups excluding carboxylic acids is 1. The highest BCUT2D eigenvalue weighted by Gasteiger charge is 2.39. The monoisotopic (exact) mass is 331 g/mol. The molecule has 0 spiro atoms. The fourth-order valence-electron chi connectivity index (χ4n) is 3.90. The van der Waals surface area contributed by atoms with Gasteiger partial charge in [-0.05, 0) is 51.4 Å². The van der Waals surface area contributed by atoms with Gasteiger partial charge in [0.25, 0.3) is 5.91 Å². The second-order valence-corrected chi connectivity index (χ2v) is 7.27. The first-order valence-electron chi connectivity index (χ1n) is 8.24. The van der Waals surface area contributed by atoms with Gasteiger partial charge < -0.3 is 14.2 Å². The maximum Gasteiger partial charge on any atom is 0.273 e. The first-order chi connectivity index (χ1) is 11.2. The van der Waals surface area contributed by atoms with Crippen molar-refractivity contribution >= 4 is 17.2 Å². The van der Waals surface area contributed by atoms with Gasteiger partial charge in [0.2, 0.25) is 0 Å². The molecular weight excluding hydrogens is 310 g/mol. The van der Waals surface area contributed by atoms with Gasteiger partial charge in [0.05, 0.1) is 6.26 Å². The molecular formula is C17H21N3O2S. The summed E-state index contributed by atoms with van der Waals surface area (Å²) in [5.74, 6) is 0.796. The van der Waals surface area contributed by atoms with Gasteiger partial charge in [-0.2, -0.15) is 0 Å². The predicted octanol–water partition coefficient (Wildman–Crippen LogP) is 3.10. The van der Waals surface area contributed by atoms with Gasteiger partial charge in [-0.25, -0.2) is 4.98 Å². The molecule has 23 heavy (non-hydrogen) atoms. The van der Waals surface area contributed by atoms with Crippen molar-refractivity contribution < 1.29 is 9.21 Å². The van der Waals surface area contributed by atoms with E-state index in [1.165, 1.54) is 24.2 Å². The van der Waals surface area contributed by atoms with Crippen LogP contribution >= 0.6 is 11.3 Å². The number of carbonyl (C=O) groups is 1. The second kappa shape index (κ2) is 6.09. The van der Waals surface area contributed by atoms with Crippen molar-refractivity contribution in [3.8, 4) is 10.8 Å². The molecule has 0 unspecified atom stereocenters. The van der Waals surface area contributed by atoms with E-state index in [2.05, 4.69) is 16.9 Å². The molecule has 2 aliphatic rings.